The molecule has 0 saturated carbocycles. The van der Waals surface area contributed by atoms with Gasteiger partial charge in [0, 0.05) is 38.9 Å². The summed E-state index contributed by atoms with van der Waals surface area (Å²) in [5.74, 6) is 0.663. The van der Waals surface area contributed by atoms with E-state index in [1.807, 2.05) is 36.4 Å². The van der Waals surface area contributed by atoms with E-state index >= 15 is 0 Å². The number of aromatic nitrogens is 3. The highest BCUT2D eigenvalue weighted by Gasteiger charge is 2.42. The summed E-state index contributed by atoms with van der Waals surface area (Å²) >= 11 is 0. The van der Waals surface area contributed by atoms with Gasteiger partial charge in [-0.2, -0.15) is 0 Å². The Morgan fingerprint density at radius 2 is 1.50 bits per heavy atom. The largest absolute Gasteiger partial charge is 0.456 e. The van der Waals surface area contributed by atoms with Gasteiger partial charge in [0.1, 0.15) is 16.9 Å². The van der Waals surface area contributed by atoms with E-state index in [4.69, 9.17) is 14.4 Å². The van der Waals surface area contributed by atoms with Crippen molar-refractivity contribution in [2.24, 2.45) is 0 Å². The van der Waals surface area contributed by atoms with E-state index < -0.39 is 0 Å². The van der Waals surface area contributed by atoms with Gasteiger partial charge >= 0.3 is 0 Å². The number of para-hydroxylation sites is 1. The second-order valence-corrected chi connectivity index (χ2v) is 10.6. The molecule has 40 heavy (non-hydrogen) atoms. The third-order valence-corrected chi connectivity index (χ3v) is 8.83. The van der Waals surface area contributed by atoms with Crippen LogP contribution < -0.4 is 0 Å². The van der Waals surface area contributed by atoms with Crippen molar-refractivity contribution >= 4 is 32.8 Å². The number of rotatable bonds is 4. The maximum absolute atomic E-state index is 6.78. The van der Waals surface area contributed by atoms with Crippen molar-refractivity contribution < 1.29 is 4.42 Å². The van der Waals surface area contributed by atoms with E-state index in [0.717, 1.165) is 62.6 Å². The molecule has 0 spiro atoms. The lowest BCUT2D eigenvalue weighted by Gasteiger charge is -2.29. The normalized spacial score (nSPS) is 13.7. The maximum atomic E-state index is 6.78. The van der Waals surface area contributed by atoms with E-state index in [2.05, 4.69) is 79.5 Å². The molecule has 1 aliphatic carbocycles. The minimum Gasteiger partial charge on any atom is -0.456 e. The van der Waals surface area contributed by atoms with Crippen LogP contribution in [0.1, 0.15) is 37.8 Å². The molecule has 0 fully saturated rings. The Morgan fingerprint density at radius 3 is 2.35 bits per heavy atom. The van der Waals surface area contributed by atoms with Crippen molar-refractivity contribution in [1.29, 1.82) is 0 Å². The summed E-state index contributed by atoms with van der Waals surface area (Å²) in [5, 5.41) is 3.26. The van der Waals surface area contributed by atoms with Crippen LogP contribution >= 0.6 is 0 Å². The van der Waals surface area contributed by atoms with Crippen molar-refractivity contribution in [3.63, 3.8) is 0 Å². The molecule has 3 aromatic heterocycles. The van der Waals surface area contributed by atoms with Gasteiger partial charge in [-0.3, -0.25) is 4.98 Å². The number of hydrogen-bond acceptors (Lipinski definition) is 4. The average Bonchev–Trinajstić information content (AvgIpc) is 3.54. The quantitative estimate of drug-likeness (QED) is 0.233. The van der Waals surface area contributed by atoms with Gasteiger partial charge in [0.25, 0.3) is 0 Å². The smallest absolute Gasteiger partial charge is 0.160 e. The van der Waals surface area contributed by atoms with Gasteiger partial charge in [-0.25, -0.2) is 9.97 Å². The Hall–Kier alpha value is -4.83. The van der Waals surface area contributed by atoms with Crippen LogP contribution in [0.15, 0.2) is 108 Å². The van der Waals surface area contributed by atoms with Crippen LogP contribution in [0.25, 0.3) is 66.7 Å². The van der Waals surface area contributed by atoms with Crippen molar-refractivity contribution in [3.8, 4) is 33.9 Å². The number of nitrogens with zero attached hydrogens (tertiary/aromatic N) is 3. The first-order valence-electron chi connectivity index (χ1n) is 14.0. The molecule has 0 atom stereocenters. The summed E-state index contributed by atoms with van der Waals surface area (Å²) in [5.41, 5.74) is 10.6. The zero-order valence-electron chi connectivity index (χ0n) is 22.5. The maximum Gasteiger partial charge on any atom is 0.160 e. The lowest BCUT2D eigenvalue weighted by molar-refractivity contribution is 0.486. The van der Waals surface area contributed by atoms with Crippen molar-refractivity contribution in [2.45, 2.75) is 32.1 Å². The lowest BCUT2D eigenvalue weighted by atomic mass is 9.73. The first-order chi connectivity index (χ1) is 19.7. The minimum atomic E-state index is -0.0544. The molecule has 4 heteroatoms. The summed E-state index contributed by atoms with van der Waals surface area (Å²) in [7, 11) is 0. The standard InChI is InChI=1S/C36H27N3O/c1-3-36(4-2)28-13-7-5-11-23(28)25-18-19-26-24-17-16-22(21-31(24)40-34(26)32(25)36)35-38-29-14-8-6-12-27(29)33(39-35)30-15-9-10-20-37-30/h5-21H,3-4H2,1-2H3. The fraction of sp³-hybridized carbons (Fsp3) is 0.139. The molecule has 0 bridgehead atoms. The number of furan rings is 1. The van der Waals surface area contributed by atoms with E-state index in [1.54, 1.807) is 6.20 Å². The fourth-order valence-corrected chi connectivity index (χ4v) is 6.84. The molecule has 4 aromatic carbocycles. The van der Waals surface area contributed by atoms with Gasteiger partial charge in [-0.15, -0.1) is 0 Å². The van der Waals surface area contributed by atoms with E-state index in [1.165, 1.54) is 22.3 Å². The van der Waals surface area contributed by atoms with Crippen molar-refractivity contribution in [2.75, 3.05) is 0 Å². The molecule has 0 saturated heterocycles. The Balaban J connectivity index is 1.35. The molecule has 0 aliphatic heterocycles. The van der Waals surface area contributed by atoms with Crippen LogP contribution in [0.5, 0.6) is 0 Å². The highest BCUT2D eigenvalue weighted by Crippen LogP contribution is 2.55. The third-order valence-electron chi connectivity index (χ3n) is 8.83. The molecule has 8 rings (SSSR count). The van der Waals surface area contributed by atoms with Gasteiger partial charge in [0.15, 0.2) is 5.82 Å². The van der Waals surface area contributed by atoms with Gasteiger partial charge < -0.3 is 4.42 Å². The number of pyridine rings is 1. The molecule has 0 amide bonds. The van der Waals surface area contributed by atoms with Gasteiger partial charge in [0.05, 0.1) is 11.2 Å². The van der Waals surface area contributed by atoms with Crippen molar-refractivity contribution in [1.82, 2.24) is 15.0 Å². The molecular formula is C36H27N3O. The number of fused-ring (bicyclic) bond motifs is 8. The molecular weight excluding hydrogens is 490 g/mol. The Kier molecular flexibility index (Phi) is 4.96. The summed E-state index contributed by atoms with van der Waals surface area (Å²) in [6, 6.07) is 33.7. The fourth-order valence-electron chi connectivity index (χ4n) is 6.84. The monoisotopic (exact) mass is 517 g/mol. The zero-order valence-corrected chi connectivity index (χ0v) is 22.5. The molecule has 4 nitrogen and oxygen atoms in total. The van der Waals surface area contributed by atoms with Crippen LogP contribution in [0.2, 0.25) is 0 Å². The molecule has 0 radical (unpaired) electrons. The minimum absolute atomic E-state index is 0.0544. The average molecular weight is 518 g/mol. The summed E-state index contributed by atoms with van der Waals surface area (Å²) in [6.45, 7) is 4.59. The summed E-state index contributed by atoms with van der Waals surface area (Å²) in [6.07, 6.45) is 3.85. The topological polar surface area (TPSA) is 51.8 Å². The highest BCUT2D eigenvalue weighted by molar-refractivity contribution is 6.10. The molecule has 1 aliphatic rings. The molecule has 7 aromatic rings. The van der Waals surface area contributed by atoms with Gasteiger partial charge in [-0.1, -0.05) is 74.5 Å². The Morgan fingerprint density at radius 1 is 0.700 bits per heavy atom. The van der Waals surface area contributed by atoms with E-state index in [-0.39, 0.29) is 5.41 Å². The van der Waals surface area contributed by atoms with Crippen molar-refractivity contribution in [3.05, 3.63) is 114 Å². The van der Waals surface area contributed by atoms with Gasteiger partial charge in [0.2, 0.25) is 0 Å². The SMILES string of the molecule is CCC1(CC)c2ccccc2-c2ccc3c(oc4cc(-c5nc(-c6ccccn6)c6ccccc6n5)ccc43)c21. The highest BCUT2D eigenvalue weighted by atomic mass is 16.3. The van der Waals surface area contributed by atoms with Gasteiger partial charge in [-0.05, 0) is 65.9 Å². The predicted octanol–water partition coefficient (Wildman–Crippen LogP) is 9.34. The van der Waals surface area contributed by atoms with Crippen LogP contribution in [0.3, 0.4) is 0 Å². The first kappa shape index (κ1) is 23.1. The number of hydrogen-bond donors (Lipinski definition) is 0. The molecule has 0 unspecified atom stereocenters. The summed E-state index contributed by atoms with van der Waals surface area (Å²) in [4.78, 5) is 14.6. The third kappa shape index (κ3) is 3.10. The molecule has 3 heterocycles. The van der Waals surface area contributed by atoms with Crippen LogP contribution in [-0.2, 0) is 5.41 Å². The lowest BCUT2D eigenvalue weighted by Crippen LogP contribution is -2.23. The van der Waals surface area contributed by atoms with E-state index in [0.29, 0.717) is 5.82 Å². The molecule has 0 N–H and O–H groups in total. The van der Waals surface area contributed by atoms with Crippen LogP contribution in [-0.4, -0.2) is 15.0 Å². The second-order valence-electron chi connectivity index (χ2n) is 10.6. The Labute approximate surface area is 232 Å². The zero-order chi connectivity index (χ0) is 26.8. The van der Waals surface area contributed by atoms with Crippen LogP contribution in [0, 0.1) is 0 Å². The summed E-state index contributed by atoms with van der Waals surface area (Å²) < 4.78 is 6.78. The van der Waals surface area contributed by atoms with E-state index in [9.17, 15) is 0 Å². The van der Waals surface area contributed by atoms with Crippen LogP contribution in [0.4, 0.5) is 0 Å². The Bertz CT molecular complexity index is 2090. The number of benzene rings is 4. The second kappa shape index (κ2) is 8.59. The predicted molar refractivity (Wildman–Crippen MR) is 162 cm³/mol. The first-order valence-corrected chi connectivity index (χ1v) is 14.0. The molecule has 192 valence electrons.